The largest absolute Gasteiger partial charge is 0.388 e. The van der Waals surface area contributed by atoms with Gasteiger partial charge in [-0.15, -0.1) is 0 Å². The summed E-state index contributed by atoms with van der Waals surface area (Å²) in [5.74, 6) is -0.294. The van der Waals surface area contributed by atoms with Gasteiger partial charge in [0.05, 0.1) is 22.0 Å². The van der Waals surface area contributed by atoms with Gasteiger partial charge in [-0.25, -0.2) is 4.39 Å². The van der Waals surface area contributed by atoms with E-state index >= 15 is 0 Å². The van der Waals surface area contributed by atoms with E-state index in [2.05, 4.69) is 21.0 Å². The van der Waals surface area contributed by atoms with Crippen LogP contribution in [-0.4, -0.2) is 14.9 Å². The second kappa shape index (κ2) is 5.88. The third-order valence-electron chi connectivity index (χ3n) is 2.97. The van der Waals surface area contributed by atoms with E-state index in [0.29, 0.717) is 6.42 Å². The molecule has 1 aromatic carbocycles. The van der Waals surface area contributed by atoms with Gasteiger partial charge in [0.1, 0.15) is 5.82 Å². The number of hydrogen-bond acceptors (Lipinski definition) is 2. The van der Waals surface area contributed by atoms with Crippen LogP contribution in [-0.2, 0) is 13.5 Å². The molecule has 2 rings (SSSR count). The van der Waals surface area contributed by atoms with Crippen LogP contribution in [0.4, 0.5) is 4.39 Å². The Kier molecular flexibility index (Phi) is 4.62. The molecule has 0 aliphatic carbocycles. The highest BCUT2D eigenvalue weighted by molar-refractivity contribution is 14.1. The van der Waals surface area contributed by atoms with Gasteiger partial charge in [0.15, 0.2) is 0 Å². The third kappa shape index (κ3) is 3.17. The molecule has 1 atom stereocenters. The Balaban J connectivity index is 2.28. The molecule has 1 unspecified atom stereocenters. The van der Waals surface area contributed by atoms with Gasteiger partial charge in [0.2, 0.25) is 0 Å². The number of halogens is 3. The zero-order valence-electron chi connectivity index (χ0n) is 10.5. The summed E-state index contributed by atoms with van der Waals surface area (Å²) in [4.78, 5) is 0. The van der Waals surface area contributed by atoms with E-state index in [-0.39, 0.29) is 5.82 Å². The van der Waals surface area contributed by atoms with Crippen LogP contribution in [0.25, 0.3) is 0 Å². The minimum atomic E-state index is -0.682. The molecule has 0 saturated heterocycles. The highest BCUT2D eigenvalue weighted by Crippen LogP contribution is 2.28. The number of aromatic nitrogens is 2. The molecule has 102 valence electrons. The maximum absolute atomic E-state index is 13.1. The maximum atomic E-state index is 13.1. The lowest BCUT2D eigenvalue weighted by Gasteiger charge is -2.13. The van der Waals surface area contributed by atoms with Crippen molar-refractivity contribution in [3.05, 3.63) is 49.0 Å². The first kappa shape index (κ1) is 14.9. The highest BCUT2D eigenvalue weighted by atomic mass is 127. The summed E-state index contributed by atoms with van der Waals surface area (Å²) in [6.45, 7) is 1.90. The number of nitrogens with zero attached hydrogens (tertiary/aromatic N) is 2. The summed E-state index contributed by atoms with van der Waals surface area (Å²) in [6, 6.07) is 4.41. The monoisotopic (exact) mass is 438 g/mol. The molecular formula is C13H13BrFIN2O. The van der Waals surface area contributed by atoms with Crippen molar-refractivity contribution >= 4 is 38.5 Å². The lowest BCUT2D eigenvalue weighted by Crippen LogP contribution is -2.08. The van der Waals surface area contributed by atoms with Crippen molar-refractivity contribution in [1.29, 1.82) is 0 Å². The number of aliphatic hydroxyl groups excluding tert-OH is 1. The molecule has 1 N–H and O–H groups in total. The van der Waals surface area contributed by atoms with E-state index in [0.717, 1.165) is 25.0 Å². The Labute approximate surface area is 133 Å². The molecule has 0 spiro atoms. The first-order valence-electron chi connectivity index (χ1n) is 5.71. The van der Waals surface area contributed by atoms with Crippen LogP contribution in [0.2, 0.25) is 0 Å². The van der Waals surface area contributed by atoms with Crippen LogP contribution in [0.5, 0.6) is 0 Å². The van der Waals surface area contributed by atoms with Crippen molar-refractivity contribution in [3.8, 4) is 0 Å². The van der Waals surface area contributed by atoms with Crippen LogP contribution in [0, 0.1) is 16.3 Å². The fourth-order valence-corrected chi connectivity index (χ4v) is 3.30. The molecule has 0 radical (unpaired) electrons. The van der Waals surface area contributed by atoms with Crippen LogP contribution < -0.4 is 0 Å². The van der Waals surface area contributed by atoms with Crippen molar-refractivity contribution in [3.63, 3.8) is 0 Å². The Morgan fingerprint density at radius 3 is 2.74 bits per heavy atom. The van der Waals surface area contributed by atoms with E-state index < -0.39 is 6.10 Å². The lowest BCUT2D eigenvalue weighted by atomic mass is 10.0. The molecule has 0 saturated carbocycles. The van der Waals surface area contributed by atoms with Gasteiger partial charge < -0.3 is 5.11 Å². The molecule has 0 aliphatic rings. The van der Waals surface area contributed by atoms with Crippen molar-refractivity contribution in [1.82, 2.24) is 9.78 Å². The zero-order valence-corrected chi connectivity index (χ0v) is 14.2. The second-order valence-electron chi connectivity index (χ2n) is 4.36. The number of hydrogen-bond donors (Lipinski definition) is 1. The Morgan fingerprint density at radius 1 is 1.53 bits per heavy atom. The van der Waals surface area contributed by atoms with Gasteiger partial charge in [0.25, 0.3) is 0 Å². The quantitative estimate of drug-likeness (QED) is 0.744. The summed E-state index contributed by atoms with van der Waals surface area (Å²) in [6.07, 6.45) is -0.252. The van der Waals surface area contributed by atoms with E-state index in [9.17, 15) is 9.50 Å². The van der Waals surface area contributed by atoms with Crippen LogP contribution in [0.1, 0.15) is 23.1 Å². The van der Waals surface area contributed by atoms with Crippen molar-refractivity contribution in [2.45, 2.75) is 19.4 Å². The van der Waals surface area contributed by atoms with Crippen LogP contribution in [0.15, 0.2) is 22.7 Å². The van der Waals surface area contributed by atoms with Gasteiger partial charge >= 0.3 is 0 Å². The van der Waals surface area contributed by atoms with Gasteiger partial charge in [-0.05, 0) is 63.1 Å². The van der Waals surface area contributed by atoms with Gasteiger partial charge in [0, 0.05) is 17.0 Å². The normalized spacial score (nSPS) is 12.7. The summed E-state index contributed by atoms with van der Waals surface area (Å²) >= 11 is 5.51. The van der Waals surface area contributed by atoms with Crippen molar-refractivity contribution < 1.29 is 9.50 Å². The number of aryl methyl sites for hydroxylation is 2. The lowest BCUT2D eigenvalue weighted by molar-refractivity contribution is 0.174. The molecule has 2 aromatic rings. The van der Waals surface area contributed by atoms with Crippen molar-refractivity contribution in [2.24, 2.45) is 7.05 Å². The number of benzene rings is 1. The molecular weight excluding hydrogens is 426 g/mol. The minimum absolute atomic E-state index is 0.294. The van der Waals surface area contributed by atoms with Gasteiger partial charge in [-0.1, -0.05) is 6.07 Å². The molecule has 6 heteroatoms. The molecule has 0 aliphatic heterocycles. The predicted octanol–water partition coefficient (Wildman–Crippen LogP) is 3.51. The predicted molar refractivity (Wildman–Crippen MR) is 83.4 cm³/mol. The average molecular weight is 439 g/mol. The third-order valence-corrected chi connectivity index (χ3v) is 4.94. The Morgan fingerprint density at radius 2 is 2.21 bits per heavy atom. The van der Waals surface area contributed by atoms with E-state index in [4.69, 9.17) is 0 Å². The minimum Gasteiger partial charge on any atom is -0.388 e. The smallest absolute Gasteiger partial charge is 0.124 e. The van der Waals surface area contributed by atoms with Gasteiger partial charge in [-0.2, -0.15) is 5.10 Å². The fraction of sp³-hybridized carbons (Fsp3) is 0.308. The number of rotatable bonds is 3. The second-order valence-corrected chi connectivity index (χ2v) is 6.31. The summed E-state index contributed by atoms with van der Waals surface area (Å²) in [7, 11) is 1.84. The Hall–Kier alpha value is -0.470. The molecule has 1 heterocycles. The molecule has 0 bridgehead atoms. The van der Waals surface area contributed by atoms with Crippen LogP contribution >= 0.6 is 38.5 Å². The topological polar surface area (TPSA) is 38.0 Å². The molecule has 0 amide bonds. The van der Waals surface area contributed by atoms with Gasteiger partial charge in [-0.3, -0.25) is 4.68 Å². The first-order valence-corrected chi connectivity index (χ1v) is 7.58. The molecule has 0 fully saturated rings. The zero-order chi connectivity index (χ0) is 14.2. The van der Waals surface area contributed by atoms with Crippen molar-refractivity contribution in [2.75, 3.05) is 0 Å². The van der Waals surface area contributed by atoms with E-state index in [1.54, 1.807) is 10.7 Å². The number of aliphatic hydroxyl groups is 1. The molecule has 19 heavy (non-hydrogen) atoms. The standard InChI is InChI=1S/C13H13BrFIN2O/c1-7-13(14)11(18(2)17-7)6-12(19)9-4-3-8(15)5-10(9)16/h3-5,12,19H,6H2,1-2H3. The fourth-order valence-electron chi connectivity index (χ4n) is 1.97. The molecule has 1 aromatic heterocycles. The summed E-state index contributed by atoms with van der Waals surface area (Å²) in [5, 5.41) is 14.6. The first-order chi connectivity index (χ1) is 8.90. The Bertz CT molecular complexity index is 615. The molecule has 3 nitrogen and oxygen atoms in total. The van der Waals surface area contributed by atoms with E-state index in [1.165, 1.54) is 12.1 Å². The highest BCUT2D eigenvalue weighted by Gasteiger charge is 2.18. The van der Waals surface area contributed by atoms with E-state index in [1.807, 2.05) is 36.6 Å². The van der Waals surface area contributed by atoms with Crippen LogP contribution in [0.3, 0.4) is 0 Å². The summed E-state index contributed by atoms with van der Waals surface area (Å²) in [5.41, 5.74) is 2.54. The SMILES string of the molecule is Cc1nn(C)c(CC(O)c2ccc(F)cc2I)c1Br. The summed E-state index contributed by atoms with van der Waals surface area (Å²) < 4.78 is 16.4. The maximum Gasteiger partial charge on any atom is 0.124 e. The average Bonchev–Trinajstić information content (AvgIpc) is 2.56.